The van der Waals surface area contributed by atoms with Gasteiger partial charge in [0.15, 0.2) is 0 Å². The second kappa shape index (κ2) is 3.91. The van der Waals surface area contributed by atoms with Crippen LogP contribution in [0, 0.1) is 5.92 Å². The molecule has 2 atom stereocenters. The molecule has 0 saturated carbocycles. The number of nitrogens with two attached hydrogens (primary N) is 1. The molecule has 0 aromatic rings. The van der Waals surface area contributed by atoms with Crippen molar-refractivity contribution in [3.63, 3.8) is 0 Å². The van der Waals surface area contributed by atoms with Crippen LogP contribution in [0.1, 0.15) is 19.8 Å². The van der Waals surface area contributed by atoms with Gasteiger partial charge in [0.2, 0.25) is 0 Å². The number of hydrogen-bond acceptors (Lipinski definition) is 3. The van der Waals surface area contributed by atoms with Gasteiger partial charge in [-0.05, 0) is 25.7 Å². The summed E-state index contributed by atoms with van der Waals surface area (Å²) < 4.78 is 5.31. The lowest BCUT2D eigenvalue weighted by atomic mass is 9.96. The smallest absolute Gasteiger partial charge is 0.0509 e. The van der Waals surface area contributed by atoms with Crippen LogP contribution in [0.5, 0.6) is 0 Å². The minimum absolute atomic E-state index is 0.389. The second-order valence-corrected chi connectivity index (χ2v) is 2.93. The van der Waals surface area contributed by atoms with Crippen molar-refractivity contribution in [1.29, 1.82) is 0 Å². The van der Waals surface area contributed by atoms with Gasteiger partial charge >= 0.3 is 0 Å². The predicted molar refractivity (Wildman–Crippen MR) is 40.3 cm³/mol. The monoisotopic (exact) mass is 144 g/mol. The summed E-state index contributed by atoms with van der Waals surface area (Å²) in [7, 11) is 0. The van der Waals surface area contributed by atoms with Gasteiger partial charge in [-0.1, -0.05) is 0 Å². The standard InChI is InChI=1S/C7H16N2O/c1-6(9-8)7-3-2-4-10-5-7/h6-7,9H,2-5,8H2,1H3. The van der Waals surface area contributed by atoms with Crippen LogP contribution in [0.15, 0.2) is 0 Å². The quantitative estimate of drug-likeness (QED) is 0.432. The first-order valence-corrected chi connectivity index (χ1v) is 3.88. The molecule has 10 heavy (non-hydrogen) atoms. The second-order valence-electron chi connectivity index (χ2n) is 2.93. The molecule has 60 valence electrons. The summed E-state index contributed by atoms with van der Waals surface area (Å²) in [6.07, 6.45) is 2.42. The Balaban J connectivity index is 2.24. The Morgan fingerprint density at radius 2 is 2.50 bits per heavy atom. The zero-order valence-corrected chi connectivity index (χ0v) is 6.47. The van der Waals surface area contributed by atoms with Crippen LogP contribution in [-0.4, -0.2) is 19.3 Å². The van der Waals surface area contributed by atoms with E-state index in [4.69, 9.17) is 10.6 Å². The summed E-state index contributed by atoms with van der Waals surface area (Å²) in [4.78, 5) is 0. The van der Waals surface area contributed by atoms with Crippen molar-refractivity contribution in [2.45, 2.75) is 25.8 Å². The van der Waals surface area contributed by atoms with E-state index in [-0.39, 0.29) is 0 Å². The van der Waals surface area contributed by atoms with Crippen LogP contribution in [0.4, 0.5) is 0 Å². The Morgan fingerprint density at radius 1 is 1.70 bits per heavy atom. The van der Waals surface area contributed by atoms with E-state index in [1.165, 1.54) is 12.8 Å². The highest BCUT2D eigenvalue weighted by Gasteiger charge is 2.18. The van der Waals surface area contributed by atoms with Crippen molar-refractivity contribution in [1.82, 2.24) is 5.43 Å². The van der Waals surface area contributed by atoms with Gasteiger partial charge in [-0.2, -0.15) is 0 Å². The summed E-state index contributed by atoms with van der Waals surface area (Å²) in [5.74, 6) is 5.91. The van der Waals surface area contributed by atoms with Crippen molar-refractivity contribution in [3.05, 3.63) is 0 Å². The van der Waals surface area contributed by atoms with Crippen molar-refractivity contribution >= 4 is 0 Å². The van der Waals surface area contributed by atoms with Gasteiger partial charge in [-0.15, -0.1) is 0 Å². The topological polar surface area (TPSA) is 47.3 Å². The molecular formula is C7H16N2O. The molecular weight excluding hydrogens is 128 g/mol. The van der Waals surface area contributed by atoms with Crippen LogP contribution in [0.3, 0.4) is 0 Å². The molecule has 0 spiro atoms. The first kappa shape index (κ1) is 7.98. The van der Waals surface area contributed by atoms with Gasteiger partial charge in [0.1, 0.15) is 0 Å². The maximum Gasteiger partial charge on any atom is 0.0509 e. The summed E-state index contributed by atoms with van der Waals surface area (Å²) in [5, 5.41) is 0. The van der Waals surface area contributed by atoms with E-state index in [1.54, 1.807) is 0 Å². The fourth-order valence-corrected chi connectivity index (χ4v) is 1.30. The molecule has 0 radical (unpaired) electrons. The predicted octanol–water partition coefficient (Wildman–Crippen LogP) is 0.265. The third kappa shape index (κ3) is 1.94. The molecule has 1 heterocycles. The van der Waals surface area contributed by atoms with Gasteiger partial charge < -0.3 is 4.74 Å². The molecule has 3 heteroatoms. The van der Waals surface area contributed by atoms with Gasteiger partial charge in [0.25, 0.3) is 0 Å². The summed E-state index contributed by atoms with van der Waals surface area (Å²) in [6, 6.07) is 0.389. The number of hydrazine groups is 1. The molecule has 1 aliphatic heterocycles. The number of rotatable bonds is 2. The highest BCUT2D eigenvalue weighted by molar-refractivity contribution is 4.72. The average molecular weight is 144 g/mol. The first-order valence-electron chi connectivity index (χ1n) is 3.88. The molecule has 0 amide bonds. The van der Waals surface area contributed by atoms with Crippen LogP contribution in [0.25, 0.3) is 0 Å². The lowest BCUT2D eigenvalue weighted by Gasteiger charge is -2.26. The van der Waals surface area contributed by atoms with Gasteiger partial charge in [0, 0.05) is 12.6 Å². The largest absolute Gasteiger partial charge is 0.381 e. The summed E-state index contributed by atoms with van der Waals surface area (Å²) in [5.41, 5.74) is 2.75. The van der Waals surface area contributed by atoms with Gasteiger partial charge in [-0.3, -0.25) is 11.3 Å². The van der Waals surface area contributed by atoms with E-state index >= 15 is 0 Å². The first-order chi connectivity index (χ1) is 4.84. The molecule has 3 N–H and O–H groups in total. The SMILES string of the molecule is CC(NN)C1CCCOC1. The maximum atomic E-state index is 5.31. The Labute approximate surface area is 61.9 Å². The van der Waals surface area contributed by atoms with E-state index in [0.717, 1.165) is 13.2 Å². The van der Waals surface area contributed by atoms with Crippen LogP contribution >= 0.6 is 0 Å². The van der Waals surface area contributed by atoms with Crippen molar-refractivity contribution < 1.29 is 4.74 Å². The molecule has 1 saturated heterocycles. The van der Waals surface area contributed by atoms with Crippen LogP contribution in [-0.2, 0) is 4.74 Å². The fraction of sp³-hybridized carbons (Fsp3) is 1.00. The molecule has 1 aliphatic rings. The maximum absolute atomic E-state index is 5.31. The van der Waals surface area contributed by atoms with Gasteiger partial charge in [-0.25, -0.2) is 0 Å². The minimum Gasteiger partial charge on any atom is -0.381 e. The fourth-order valence-electron chi connectivity index (χ4n) is 1.30. The highest BCUT2D eigenvalue weighted by Crippen LogP contribution is 2.16. The normalized spacial score (nSPS) is 30.0. The molecule has 1 fully saturated rings. The average Bonchev–Trinajstić information content (AvgIpc) is 2.05. The number of nitrogens with one attached hydrogen (secondary N) is 1. The van der Waals surface area contributed by atoms with Gasteiger partial charge in [0.05, 0.1) is 6.61 Å². The molecule has 2 unspecified atom stereocenters. The van der Waals surface area contributed by atoms with E-state index in [2.05, 4.69) is 12.3 Å². The number of ether oxygens (including phenoxy) is 1. The molecule has 0 bridgehead atoms. The van der Waals surface area contributed by atoms with E-state index in [0.29, 0.717) is 12.0 Å². The Morgan fingerprint density at radius 3 is 3.00 bits per heavy atom. The zero-order chi connectivity index (χ0) is 7.40. The molecule has 1 rings (SSSR count). The van der Waals surface area contributed by atoms with Crippen molar-refractivity contribution in [2.75, 3.05) is 13.2 Å². The molecule has 0 aromatic heterocycles. The zero-order valence-electron chi connectivity index (χ0n) is 6.47. The molecule has 0 aliphatic carbocycles. The molecule has 0 aromatic carbocycles. The third-order valence-corrected chi connectivity index (χ3v) is 2.17. The van der Waals surface area contributed by atoms with Crippen molar-refractivity contribution in [2.24, 2.45) is 11.8 Å². The summed E-state index contributed by atoms with van der Waals surface area (Å²) >= 11 is 0. The third-order valence-electron chi connectivity index (χ3n) is 2.17. The highest BCUT2D eigenvalue weighted by atomic mass is 16.5. The Hall–Kier alpha value is -0.120. The Kier molecular flexibility index (Phi) is 3.12. The summed E-state index contributed by atoms with van der Waals surface area (Å²) in [6.45, 7) is 3.89. The Bertz CT molecular complexity index is 91.6. The minimum atomic E-state index is 0.389. The number of hydrogen-bond donors (Lipinski definition) is 2. The lowest BCUT2D eigenvalue weighted by molar-refractivity contribution is 0.0420. The lowest BCUT2D eigenvalue weighted by Crippen LogP contribution is -2.41. The van der Waals surface area contributed by atoms with Crippen LogP contribution in [0.2, 0.25) is 0 Å². The molecule has 3 nitrogen and oxygen atoms in total. The van der Waals surface area contributed by atoms with E-state index in [9.17, 15) is 0 Å². The van der Waals surface area contributed by atoms with Crippen LogP contribution < -0.4 is 11.3 Å². The van der Waals surface area contributed by atoms with E-state index < -0.39 is 0 Å². The van der Waals surface area contributed by atoms with Crippen molar-refractivity contribution in [3.8, 4) is 0 Å². The van der Waals surface area contributed by atoms with E-state index in [1.807, 2.05) is 0 Å².